The molecule has 0 unspecified atom stereocenters. The second-order valence-corrected chi connectivity index (χ2v) is 4.57. The lowest BCUT2D eigenvalue weighted by atomic mass is 10.0. The third kappa shape index (κ3) is 3.44. The van der Waals surface area contributed by atoms with E-state index in [1.165, 1.54) is 5.56 Å². The van der Waals surface area contributed by atoms with Gasteiger partial charge in [-0.05, 0) is 42.7 Å². The van der Waals surface area contributed by atoms with E-state index in [1.807, 2.05) is 25.1 Å². The van der Waals surface area contributed by atoms with Gasteiger partial charge in [0.25, 0.3) is 0 Å². The van der Waals surface area contributed by atoms with E-state index in [1.54, 1.807) is 24.5 Å². The molecule has 0 amide bonds. The largest absolute Gasteiger partial charge is 0.494 e. The predicted octanol–water partition coefficient (Wildman–Crippen LogP) is 3.47. The predicted molar refractivity (Wildman–Crippen MR) is 79.3 cm³/mol. The van der Waals surface area contributed by atoms with E-state index in [9.17, 15) is 4.79 Å². The summed E-state index contributed by atoms with van der Waals surface area (Å²) in [5.41, 5.74) is 2.79. The normalized spacial score (nSPS) is 10.3. The first-order valence-corrected chi connectivity index (χ1v) is 6.92. The highest BCUT2D eigenvalue weighted by molar-refractivity contribution is 5.97. The Labute approximate surface area is 119 Å². The Balaban J connectivity index is 2.17. The van der Waals surface area contributed by atoms with E-state index in [-0.39, 0.29) is 5.78 Å². The molecule has 1 heterocycles. The van der Waals surface area contributed by atoms with Crippen molar-refractivity contribution in [1.82, 2.24) is 4.98 Å². The fourth-order valence-corrected chi connectivity index (χ4v) is 2.11. The number of aryl methyl sites for hydroxylation is 1. The quantitative estimate of drug-likeness (QED) is 0.754. The smallest absolute Gasteiger partial charge is 0.168 e. The Morgan fingerprint density at radius 2 is 2.10 bits per heavy atom. The molecule has 3 heteroatoms. The molecule has 0 aliphatic carbocycles. The Morgan fingerprint density at radius 3 is 2.75 bits per heavy atom. The zero-order valence-electron chi connectivity index (χ0n) is 11.9. The molecule has 0 N–H and O–H groups in total. The van der Waals surface area contributed by atoms with Gasteiger partial charge in [0.1, 0.15) is 5.75 Å². The summed E-state index contributed by atoms with van der Waals surface area (Å²) < 4.78 is 5.63. The molecule has 0 radical (unpaired) electrons. The molecule has 0 aliphatic heterocycles. The summed E-state index contributed by atoms with van der Waals surface area (Å²) in [4.78, 5) is 16.1. The molecule has 0 fully saturated rings. The average molecular weight is 269 g/mol. The van der Waals surface area contributed by atoms with E-state index >= 15 is 0 Å². The molecular formula is C17H19NO2. The maximum absolute atomic E-state index is 12.2. The number of rotatable bonds is 6. The van der Waals surface area contributed by atoms with Crippen molar-refractivity contribution in [3.63, 3.8) is 0 Å². The van der Waals surface area contributed by atoms with Gasteiger partial charge >= 0.3 is 0 Å². The maximum atomic E-state index is 12.2. The maximum Gasteiger partial charge on any atom is 0.168 e. The van der Waals surface area contributed by atoms with Crippen LogP contribution >= 0.6 is 0 Å². The van der Waals surface area contributed by atoms with Crippen LogP contribution in [0.25, 0.3) is 0 Å². The highest BCUT2D eigenvalue weighted by atomic mass is 16.5. The third-order valence-electron chi connectivity index (χ3n) is 3.16. The Kier molecular flexibility index (Phi) is 4.88. The van der Waals surface area contributed by atoms with Gasteiger partial charge in [0.2, 0.25) is 0 Å². The number of ketones is 1. The molecule has 20 heavy (non-hydrogen) atoms. The number of nitrogens with zero attached hydrogens (tertiary/aromatic N) is 1. The lowest BCUT2D eigenvalue weighted by Gasteiger charge is -2.10. The van der Waals surface area contributed by atoms with Crippen molar-refractivity contribution in [2.75, 3.05) is 6.61 Å². The van der Waals surface area contributed by atoms with E-state index in [0.29, 0.717) is 18.6 Å². The van der Waals surface area contributed by atoms with E-state index in [0.717, 1.165) is 17.7 Å². The van der Waals surface area contributed by atoms with Gasteiger partial charge < -0.3 is 4.74 Å². The van der Waals surface area contributed by atoms with Gasteiger partial charge in [-0.25, -0.2) is 0 Å². The molecule has 2 rings (SSSR count). The molecule has 2 aromatic rings. The van der Waals surface area contributed by atoms with Crippen LogP contribution in [0.4, 0.5) is 0 Å². The van der Waals surface area contributed by atoms with Gasteiger partial charge in [0.15, 0.2) is 5.78 Å². The van der Waals surface area contributed by atoms with Crippen LogP contribution in [0.5, 0.6) is 5.75 Å². The number of hydrogen-bond donors (Lipinski definition) is 0. The highest BCUT2D eigenvalue weighted by Gasteiger charge is 2.09. The lowest BCUT2D eigenvalue weighted by Crippen LogP contribution is -2.05. The third-order valence-corrected chi connectivity index (χ3v) is 3.16. The minimum absolute atomic E-state index is 0.0739. The molecule has 0 atom stereocenters. The van der Waals surface area contributed by atoms with Crippen molar-refractivity contribution in [3.05, 3.63) is 59.4 Å². The van der Waals surface area contributed by atoms with Crippen LogP contribution in [0.1, 0.15) is 35.3 Å². The van der Waals surface area contributed by atoms with Crippen molar-refractivity contribution < 1.29 is 9.53 Å². The fraction of sp³-hybridized carbons (Fsp3) is 0.294. The number of pyridine rings is 1. The van der Waals surface area contributed by atoms with Crippen LogP contribution in [-0.4, -0.2) is 17.4 Å². The molecular weight excluding hydrogens is 250 g/mol. The van der Waals surface area contributed by atoms with Crippen molar-refractivity contribution in [1.29, 1.82) is 0 Å². The number of aromatic nitrogens is 1. The summed E-state index contributed by atoms with van der Waals surface area (Å²) in [6.45, 7) is 4.69. The molecule has 1 aromatic carbocycles. The first kappa shape index (κ1) is 14.3. The molecule has 0 saturated heterocycles. The van der Waals surface area contributed by atoms with Crippen molar-refractivity contribution in [3.8, 4) is 5.75 Å². The summed E-state index contributed by atoms with van der Waals surface area (Å²) in [5.74, 6) is 0.955. The van der Waals surface area contributed by atoms with Gasteiger partial charge in [-0.3, -0.25) is 9.78 Å². The summed E-state index contributed by atoms with van der Waals surface area (Å²) in [6.07, 6.45) is 4.56. The molecule has 3 nitrogen and oxygen atoms in total. The Bertz CT molecular complexity index is 579. The van der Waals surface area contributed by atoms with Crippen molar-refractivity contribution >= 4 is 5.78 Å². The fourth-order valence-electron chi connectivity index (χ4n) is 2.11. The molecule has 1 aromatic heterocycles. The zero-order valence-corrected chi connectivity index (χ0v) is 11.9. The number of carbonyl (C=O) groups excluding carboxylic acids is 1. The number of ether oxygens (including phenoxy) is 1. The van der Waals surface area contributed by atoms with E-state index < -0.39 is 0 Å². The Hall–Kier alpha value is -2.16. The van der Waals surface area contributed by atoms with E-state index in [2.05, 4.69) is 11.9 Å². The van der Waals surface area contributed by atoms with Crippen LogP contribution in [0.15, 0.2) is 42.7 Å². The summed E-state index contributed by atoms with van der Waals surface area (Å²) in [6, 6.07) is 9.57. The second-order valence-electron chi connectivity index (χ2n) is 4.57. The zero-order chi connectivity index (χ0) is 14.4. The Morgan fingerprint density at radius 1 is 1.25 bits per heavy atom. The van der Waals surface area contributed by atoms with Gasteiger partial charge in [-0.2, -0.15) is 0 Å². The SMILES string of the molecule is CCOc1cc(CC(=O)c2cccnc2)ccc1CC. The number of carbonyl (C=O) groups is 1. The number of benzene rings is 1. The molecule has 0 bridgehead atoms. The second kappa shape index (κ2) is 6.85. The minimum atomic E-state index is 0.0739. The van der Waals surface area contributed by atoms with Crippen LogP contribution in [0.3, 0.4) is 0 Å². The van der Waals surface area contributed by atoms with Crippen molar-refractivity contribution in [2.24, 2.45) is 0 Å². The topological polar surface area (TPSA) is 39.2 Å². The first-order valence-electron chi connectivity index (χ1n) is 6.92. The average Bonchev–Trinajstić information content (AvgIpc) is 2.49. The first-order chi connectivity index (χ1) is 9.74. The summed E-state index contributed by atoms with van der Waals surface area (Å²) >= 11 is 0. The van der Waals surface area contributed by atoms with Crippen LogP contribution in [0.2, 0.25) is 0 Å². The standard InChI is InChI=1S/C17H19NO2/c1-3-14-8-7-13(11-17(14)20-4-2)10-16(19)15-6-5-9-18-12-15/h5-9,11-12H,3-4,10H2,1-2H3. The van der Waals surface area contributed by atoms with Gasteiger partial charge in [0, 0.05) is 24.4 Å². The minimum Gasteiger partial charge on any atom is -0.494 e. The summed E-state index contributed by atoms with van der Waals surface area (Å²) in [7, 11) is 0. The molecule has 0 saturated carbocycles. The molecule has 104 valence electrons. The van der Waals surface area contributed by atoms with Crippen LogP contribution < -0.4 is 4.74 Å². The molecule has 0 aliphatic rings. The number of Topliss-reactive ketones (excluding diaryl/α,β-unsaturated/α-hetero) is 1. The van der Waals surface area contributed by atoms with Crippen molar-refractivity contribution in [2.45, 2.75) is 26.7 Å². The summed E-state index contributed by atoms with van der Waals surface area (Å²) in [5, 5.41) is 0. The van der Waals surface area contributed by atoms with Gasteiger partial charge in [0.05, 0.1) is 6.61 Å². The monoisotopic (exact) mass is 269 g/mol. The van der Waals surface area contributed by atoms with Crippen LogP contribution in [-0.2, 0) is 12.8 Å². The van der Waals surface area contributed by atoms with E-state index in [4.69, 9.17) is 4.74 Å². The highest BCUT2D eigenvalue weighted by Crippen LogP contribution is 2.22. The lowest BCUT2D eigenvalue weighted by molar-refractivity contribution is 0.0992. The van der Waals surface area contributed by atoms with Gasteiger partial charge in [-0.15, -0.1) is 0 Å². The number of hydrogen-bond acceptors (Lipinski definition) is 3. The molecule has 0 spiro atoms. The van der Waals surface area contributed by atoms with Gasteiger partial charge in [-0.1, -0.05) is 19.1 Å². The van der Waals surface area contributed by atoms with Crippen LogP contribution in [0, 0.1) is 0 Å².